The summed E-state index contributed by atoms with van der Waals surface area (Å²) < 4.78 is 36.0. The van der Waals surface area contributed by atoms with Crippen molar-refractivity contribution in [2.75, 3.05) is 4.72 Å². The van der Waals surface area contributed by atoms with Gasteiger partial charge in [0.2, 0.25) is 5.16 Å². The van der Waals surface area contributed by atoms with Gasteiger partial charge in [0, 0.05) is 30.0 Å². The minimum atomic E-state index is -4.01. The second-order valence-corrected chi connectivity index (χ2v) is 12.5. The highest BCUT2D eigenvalue weighted by molar-refractivity contribution is 7.92. The predicted molar refractivity (Wildman–Crippen MR) is 170 cm³/mol. The van der Waals surface area contributed by atoms with Gasteiger partial charge in [0.1, 0.15) is 11.9 Å². The topological polar surface area (TPSA) is 121 Å². The molecule has 9 heteroatoms. The number of sulfonamides is 1. The van der Waals surface area contributed by atoms with Crippen LogP contribution in [0.2, 0.25) is 0 Å². The molecule has 44 heavy (non-hydrogen) atoms. The van der Waals surface area contributed by atoms with E-state index in [2.05, 4.69) is 14.7 Å². The first-order chi connectivity index (χ1) is 21.3. The number of hydrogen-bond acceptors (Lipinski definition) is 6. The van der Waals surface area contributed by atoms with E-state index in [1.807, 2.05) is 73.7 Å². The Morgan fingerprint density at radius 2 is 1.64 bits per heavy atom. The number of H-pyrrole nitrogens is 1. The fraction of sp³-hybridized carbons (Fsp3) is 0.200. The third kappa shape index (κ3) is 5.52. The number of aromatic nitrogens is 2. The molecule has 0 fully saturated rings. The largest absolute Gasteiger partial charge is 0.512 e. The molecule has 4 aromatic carbocycles. The van der Waals surface area contributed by atoms with E-state index < -0.39 is 21.7 Å². The average molecular weight is 608 g/mol. The Bertz CT molecular complexity index is 1850. The van der Waals surface area contributed by atoms with Crippen LogP contribution in [-0.2, 0) is 25.2 Å². The number of carbonyl (C=O) groups is 1. The molecule has 0 amide bonds. The SMILES string of the molecule is CCC(C1=C(O)CC(c2ccccc2)(c2ccccc2)OC1CC=O)c1cccc(NS(=O)(=O)c2nc3ccccc3[nH]2)c1. The number of carbonyl (C=O) groups excluding carboxylic acids is 1. The van der Waals surface area contributed by atoms with E-state index in [0.29, 0.717) is 28.7 Å². The fourth-order valence-corrected chi connectivity index (χ4v) is 7.19. The molecule has 5 aromatic rings. The quantitative estimate of drug-likeness (QED) is 0.147. The molecule has 8 nitrogen and oxygen atoms in total. The van der Waals surface area contributed by atoms with Crippen molar-refractivity contribution in [1.29, 1.82) is 0 Å². The van der Waals surface area contributed by atoms with Crippen LogP contribution in [0, 0.1) is 0 Å². The zero-order valence-corrected chi connectivity index (χ0v) is 25.0. The molecule has 0 spiro atoms. The lowest BCUT2D eigenvalue weighted by atomic mass is 9.75. The van der Waals surface area contributed by atoms with Crippen molar-refractivity contribution in [1.82, 2.24) is 9.97 Å². The van der Waals surface area contributed by atoms with Crippen molar-refractivity contribution >= 4 is 33.0 Å². The standard InChI is InChI=1S/C35H33N3O5S/c1-2-28(24-12-11-17-27(22-24)38-44(41,42)34-36-29-18-9-10-19-30(29)37-34)33-31(40)23-35(43-32(33)20-21-39,25-13-5-3-6-14-25)26-15-7-4-8-16-26/h3-19,21-22,28,32,38,40H,2,20,23H2,1H3,(H,36,37). The highest BCUT2D eigenvalue weighted by atomic mass is 32.2. The van der Waals surface area contributed by atoms with Crippen molar-refractivity contribution in [2.45, 2.75) is 49.0 Å². The fourth-order valence-electron chi connectivity index (χ4n) is 6.20. The van der Waals surface area contributed by atoms with E-state index in [0.717, 1.165) is 23.0 Å². The first-order valence-corrected chi connectivity index (χ1v) is 16.0. The predicted octanol–water partition coefficient (Wildman–Crippen LogP) is 6.99. The monoisotopic (exact) mass is 607 g/mol. The molecule has 0 radical (unpaired) electrons. The van der Waals surface area contributed by atoms with E-state index in [1.54, 1.807) is 42.5 Å². The normalized spacial score (nSPS) is 17.3. The lowest BCUT2D eigenvalue weighted by Gasteiger charge is -2.44. The van der Waals surface area contributed by atoms with Gasteiger partial charge in [-0.15, -0.1) is 0 Å². The van der Waals surface area contributed by atoms with Gasteiger partial charge in [-0.3, -0.25) is 4.72 Å². The number of anilines is 1. The maximum atomic E-state index is 13.2. The molecule has 2 heterocycles. The van der Waals surface area contributed by atoms with Crippen LogP contribution in [0.1, 0.15) is 48.8 Å². The molecular formula is C35H33N3O5S. The maximum absolute atomic E-state index is 13.2. The van der Waals surface area contributed by atoms with Crippen LogP contribution >= 0.6 is 0 Å². The molecule has 0 saturated carbocycles. The van der Waals surface area contributed by atoms with Gasteiger partial charge in [-0.05, 0) is 47.4 Å². The molecule has 1 aliphatic heterocycles. The smallest absolute Gasteiger partial charge is 0.295 e. The summed E-state index contributed by atoms with van der Waals surface area (Å²) in [6.07, 6.45) is 0.925. The zero-order chi connectivity index (χ0) is 30.7. The van der Waals surface area contributed by atoms with E-state index in [-0.39, 0.29) is 29.7 Å². The van der Waals surface area contributed by atoms with Gasteiger partial charge >= 0.3 is 0 Å². The Morgan fingerprint density at radius 3 is 2.27 bits per heavy atom. The first kappa shape index (κ1) is 29.3. The van der Waals surface area contributed by atoms with Crippen LogP contribution in [0.15, 0.2) is 126 Å². The second-order valence-electron chi connectivity index (χ2n) is 10.9. The number of rotatable bonds is 10. The van der Waals surface area contributed by atoms with Gasteiger partial charge in [0.05, 0.1) is 22.9 Å². The van der Waals surface area contributed by atoms with Gasteiger partial charge < -0.3 is 19.6 Å². The van der Waals surface area contributed by atoms with Crippen molar-refractivity contribution < 1.29 is 23.1 Å². The van der Waals surface area contributed by atoms with Gasteiger partial charge in [0.25, 0.3) is 10.0 Å². The van der Waals surface area contributed by atoms with Crippen LogP contribution in [0.3, 0.4) is 0 Å². The number of benzene rings is 4. The molecule has 0 saturated heterocycles. The van der Waals surface area contributed by atoms with E-state index in [1.165, 1.54) is 0 Å². The number of para-hydroxylation sites is 2. The van der Waals surface area contributed by atoms with Gasteiger partial charge in [0.15, 0.2) is 0 Å². The van der Waals surface area contributed by atoms with E-state index in [4.69, 9.17) is 4.74 Å². The first-order valence-electron chi connectivity index (χ1n) is 14.6. The Labute approximate surface area is 256 Å². The number of nitrogens with zero attached hydrogens (tertiary/aromatic N) is 1. The summed E-state index contributed by atoms with van der Waals surface area (Å²) >= 11 is 0. The van der Waals surface area contributed by atoms with Crippen molar-refractivity contribution in [2.24, 2.45) is 0 Å². The summed E-state index contributed by atoms with van der Waals surface area (Å²) in [6, 6.07) is 33.6. The van der Waals surface area contributed by atoms with Crippen LogP contribution in [0.4, 0.5) is 5.69 Å². The number of fused-ring (bicyclic) bond motifs is 1. The number of aliphatic hydroxyl groups is 1. The molecule has 0 bridgehead atoms. The molecule has 2 atom stereocenters. The van der Waals surface area contributed by atoms with Crippen LogP contribution < -0.4 is 4.72 Å². The summed E-state index contributed by atoms with van der Waals surface area (Å²) in [6.45, 7) is 1.99. The Morgan fingerprint density at radius 1 is 0.977 bits per heavy atom. The summed E-state index contributed by atoms with van der Waals surface area (Å²) in [4.78, 5) is 19.1. The van der Waals surface area contributed by atoms with Gasteiger partial charge in [-0.2, -0.15) is 8.42 Å². The number of aromatic amines is 1. The molecule has 2 unspecified atom stereocenters. The minimum Gasteiger partial charge on any atom is -0.512 e. The number of aldehydes is 1. The third-order valence-electron chi connectivity index (χ3n) is 8.18. The molecule has 1 aliphatic rings. The molecular weight excluding hydrogens is 574 g/mol. The minimum absolute atomic E-state index is 0.0513. The molecule has 0 aliphatic carbocycles. The summed E-state index contributed by atoms with van der Waals surface area (Å²) in [7, 11) is -4.01. The van der Waals surface area contributed by atoms with Crippen LogP contribution in [0.5, 0.6) is 0 Å². The lowest BCUT2D eigenvalue weighted by Crippen LogP contribution is -2.42. The molecule has 6 rings (SSSR count). The number of imidazole rings is 1. The number of hydrogen-bond donors (Lipinski definition) is 3. The van der Waals surface area contributed by atoms with Crippen molar-refractivity contribution in [3.8, 4) is 0 Å². The molecule has 224 valence electrons. The Balaban J connectivity index is 1.37. The van der Waals surface area contributed by atoms with Crippen LogP contribution in [0.25, 0.3) is 11.0 Å². The average Bonchev–Trinajstić information content (AvgIpc) is 3.49. The summed E-state index contributed by atoms with van der Waals surface area (Å²) in [5.74, 6) is -0.170. The number of nitrogens with one attached hydrogen (secondary N) is 2. The number of ether oxygens (including phenoxy) is 1. The Kier molecular flexibility index (Phi) is 8.07. The van der Waals surface area contributed by atoms with Gasteiger partial charge in [-0.25, -0.2) is 4.98 Å². The maximum Gasteiger partial charge on any atom is 0.295 e. The summed E-state index contributed by atoms with van der Waals surface area (Å²) in [5, 5.41) is 11.6. The zero-order valence-electron chi connectivity index (χ0n) is 24.2. The third-order valence-corrected chi connectivity index (χ3v) is 9.38. The van der Waals surface area contributed by atoms with E-state index in [9.17, 15) is 18.3 Å². The summed E-state index contributed by atoms with van der Waals surface area (Å²) in [5.41, 5.74) is 3.70. The second kappa shape index (κ2) is 12.1. The highest BCUT2D eigenvalue weighted by Gasteiger charge is 2.45. The number of aliphatic hydroxyl groups excluding tert-OH is 1. The van der Waals surface area contributed by atoms with E-state index >= 15 is 0 Å². The van der Waals surface area contributed by atoms with Crippen molar-refractivity contribution in [3.63, 3.8) is 0 Å². The molecule has 1 aromatic heterocycles. The van der Waals surface area contributed by atoms with Gasteiger partial charge in [-0.1, -0.05) is 91.9 Å². The Hall–Kier alpha value is -4.73. The van der Waals surface area contributed by atoms with Crippen molar-refractivity contribution in [3.05, 3.63) is 137 Å². The molecule has 3 N–H and O–H groups in total. The highest BCUT2D eigenvalue weighted by Crippen LogP contribution is 2.49. The van der Waals surface area contributed by atoms with Crippen LogP contribution in [-0.4, -0.2) is 35.9 Å². The lowest BCUT2D eigenvalue weighted by molar-refractivity contribution is -0.116.